The van der Waals surface area contributed by atoms with Crippen LogP contribution >= 0.6 is 0 Å². The van der Waals surface area contributed by atoms with E-state index in [-0.39, 0.29) is 12.5 Å². The lowest BCUT2D eigenvalue weighted by Crippen LogP contribution is -2.23. The van der Waals surface area contributed by atoms with Gasteiger partial charge in [0, 0.05) is 12.1 Å². The summed E-state index contributed by atoms with van der Waals surface area (Å²) in [5.41, 5.74) is -2.50. The van der Waals surface area contributed by atoms with Crippen LogP contribution in [0.2, 0.25) is 0 Å². The highest BCUT2D eigenvalue weighted by Crippen LogP contribution is 2.37. The Balaban J connectivity index is 1.99. The fourth-order valence-corrected chi connectivity index (χ4v) is 2.14. The minimum atomic E-state index is -4.95. The molecule has 0 aliphatic rings. The third-order valence-electron chi connectivity index (χ3n) is 3.42. The molecule has 0 heterocycles. The second kappa shape index (κ2) is 8.46. The molecule has 0 bridgehead atoms. The Morgan fingerprint density at radius 1 is 1.11 bits per heavy atom. The number of anilines is 1. The van der Waals surface area contributed by atoms with Gasteiger partial charge >= 0.3 is 12.1 Å². The van der Waals surface area contributed by atoms with Crippen LogP contribution in [-0.4, -0.2) is 23.4 Å². The van der Waals surface area contributed by atoms with Crippen molar-refractivity contribution in [1.29, 1.82) is 0 Å². The molecule has 1 amide bonds. The lowest BCUT2D eigenvalue weighted by atomic mass is 10.1. The molecule has 28 heavy (non-hydrogen) atoms. The van der Waals surface area contributed by atoms with Crippen molar-refractivity contribution >= 4 is 23.3 Å². The first-order chi connectivity index (χ1) is 13.1. The monoisotopic (exact) mass is 400 g/mol. The van der Waals surface area contributed by atoms with E-state index in [9.17, 15) is 37.3 Å². The zero-order valence-corrected chi connectivity index (χ0v) is 14.0. The number of benzene rings is 2. The molecule has 7 nitrogen and oxygen atoms in total. The van der Waals surface area contributed by atoms with Crippen molar-refractivity contribution in [2.24, 2.45) is 0 Å². The first-order valence-corrected chi connectivity index (χ1v) is 7.62. The molecule has 148 valence electrons. The van der Waals surface area contributed by atoms with Crippen LogP contribution < -0.4 is 5.32 Å². The fraction of sp³-hybridized carbons (Fsp3) is 0.176. The van der Waals surface area contributed by atoms with Gasteiger partial charge in [-0.15, -0.1) is 0 Å². The van der Waals surface area contributed by atoms with Crippen molar-refractivity contribution in [3.05, 3.63) is 69.5 Å². The summed E-state index contributed by atoms with van der Waals surface area (Å²) in [4.78, 5) is 33.1. The number of carbonyl (C=O) groups is 2. The van der Waals surface area contributed by atoms with Crippen molar-refractivity contribution in [2.45, 2.75) is 12.6 Å². The maximum absolute atomic E-state index is 13.0. The average molecular weight is 400 g/mol. The Hall–Kier alpha value is -3.50. The number of nitrogens with zero attached hydrogens (tertiary/aromatic N) is 1. The number of nitro groups is 1. The number of amides is 1. The molecule has 0 radical (unpaired) electrons. The molecule has 11 heteroatoms. The van der Waals surface area contributed by atoms with Gasteiger partial charge in [0.05, 0.1) is 22.6 Å². The van der Waals surface area contributed by atoms with Crippen LogP contribution in [0.4, 0.5) is 28.9 Å². The van der Waals surface area contributed by atoms with E-state index in [1.165, 1.54) is 12.1 Å². The summed E-state index contributed by atoms with van der Waals surface area (Å²) >= 11 is 0. The average Bonchev–Trinajstić information content (AvgIpc) is 2.61. The number of halogens is 4. The first-order valence-electron chi connectivity index (χ1n) is 7.62. The van der Waals surface area contributed by atoms with Gasteiger partial charge in [0.15, 0.2) is 6.61 Å². The lowest BCUT2D eigenvalue weighted by Gasteiger charge is -2.13. The smallest absolute Gasteiger partial charge is 0.418 e. The molecular weight excluding hydrogens is 388 g/mol. The van der Waals surface area contributed by atoms with Crippen LogP contribution in [0, 0.1) is 15.9 Å². The summed E-state index contributed by atoms with van der Waals surface area (Å²) in [6.07, 6.45) is -5.22. The molecule has 0 spiro atoms. The van der Waals surface area contributed by atoms with Gasteiger partial charge in [-0.25, -0.2) is 4.39 Å². The third-order valence-corrected chi connectivity index (χ3v) is 3.42. The van der Waals surface area contributed by atoms with Crippen LogP contribution in [0.1, 0.15) is 11.1 Å². The number of carbonyl (C=O) groups excluding carboxylic acids is 2. The molecule has 2 aromatic rings. The summed E-state index contributed by atoms with van der Waals surface area (Å²) in [6, 6.07) is 6.75. The predicted octanol–water partition coefficient (Wildman–Crippen LogP) is 3.48. The number of alkyl halides is 3. The SMILES string of the molecule is O=C(COC(=O)Cc1ccc(F)cc1)Nc1ccc([N+](=O)[O-])cc1C(F)(F)F. The van der Waals surface area contributed by atoms with Gasteiger partial charge in [-0.05, 0) is 23.8 Å². The fourth-order valence-electron chi connectivity index (χ4n) is 2.14. The molecule has 2 rings (SSSR count). The largest absolute Gasteiger partial charge is 0.455 e. The number of hydrogen-bond donors (Lipinski definition) is 1. The molecule has 0 aromatic heterocycles. The normalized spacial score (nSPS) is 11.0. The second-order valence-corrected chi connectivity index (χ2v) is 5.50. The Kier molecular flexibility index (Phi) is 6.29. The summed E-state index contributed by atoms with van der Waals surface area (Å²) < 4.78 is 56.6. The Morgan fingerprint density at radius 2 is 1.75 bits per heavy atom. The molecule has 0 saturated carbocycles. The summed E-state index contributed by atoms with van der Waals surface area (Å²) in [6.45, 7) is -0.867. The van der Waals surface area contributed by atoms with Gasteiger partial charge in [-0.3, -0.25) is 19.7 Å². The topological polar surface area (TPSA) is 98.5 Å². The first kappa shape index (κ1) is 20.8. The molecule has 0 aliphatic heterocycles. The standard InChI is InChI=1S/C17H12F4N2O5/c18-11-3-1-10(2-4-11)7-16(25)28-9-15(24)22-14-6-5-12(23(26)27)8-13(14)17(19,20)21/h1-6,8H,7,9H2,(H,22,24). The van der Waals surface area contributed by atoms with Crippen molar-refractivity contribution < 1.29 is 36.8 Å². The minimum Gasteiger partial charge on any atom is -0.455 e. The van der Waals surface area contributed by atoms with Crippen molar-refractivity contribution in [2.75, 3.05) is 11.9 Å². The molecule has 0 fully saturated rings. The maximum atomic E-state index is 13.0. The highest BCUT2D eigenvalue weighted by molar-refractivity contribution is 5.93. The third kappa shape index (κ3) is 5.76. The predicted molar refractivity (Wildman–Crippen MR) is 87.8 cm³/mol. The molecule has 2 aromatic carbocycles. The molecule has 0 unspecified atom stereocenters. The lowest BCUT2D eigenvalue weighted by molar-refractivity contribution is -0.385. The van der Waals surface area contributed by atoms with Crippen LogP contribution in [0.5, 0.6) is 0 Å². The van der Waals surface area contributed by atoms with Gasteiger partial charge in [0.25, 0.3) is 11.6 Å². The van der Waals surface area contributed by atoms with E-state index < -0.39 is 52.3 Å². The van der Waals surface area contributed by atoms with Gasteiger partial charge in [-0.1, -0.05) is 12.1 Å². The van der Waals surface area contributed by atoms with E-state index in [1.54, 1.807) is 0 Å². The molecule has 0 aliphatic carbocycles. The Labute approximate surface area is 155 Å². The van der Waals surface area contributed by atoms with Crippen molar-refractivity contribution in [3.8, 4) is 0 Å². The van der Waals surface area contributed by atoms with Gasteiger partial charge in [-0.2, -0.15) is 13.2 Å². The number of hydrogen-bond acceptors (Lipinski definition) is 5. The Morgan fingerprint density at radius 3 is 2.32 bits per heavy atom. The van der Waals surface area contributed by atoms with Crippen LogP contribution in [0.25, 0.3) is 0 Å². The second-order valence-electron chi connectivity index (χ2n) is 5.50. The zero-order valence-electron chi connectivity index (χ0n) is 14.0. The van der Waals surface area contributed by atoms with Gasteiger partial charge in [0.1, 0.15) is 5.82 Å². The maximum Gasteiger partial charge on any atom is 0.418 e. The molecule has 1 N–H and O–H groups in total. The van der Waals surface area contributed by atoms with Gasteiger partial charge < -0.3 is 10.1 Å². The van der Waals surface area contributed by atoms with Gasteiger partial charge in [0.2, 0.25) is 0 Å². The van der Waals surface area contributed by atoms with E-state index >= 15 is 0 Å². The summed E-state index contributed by atoms with van der Waals surface area (Å²) in [7, 11) is 0. The summed E-state index contributed by atoms with van der Waals surface area (Å²) in [5.74, 6) is -2.41. The number of rotatable bonds is 6. The quantitative estimate of drug-likeness (QED) is 0.347. The van der Waals surface area contributed by atoms with E-state index in [0.717, 1.165) is 24.3 Å². The van der Waals surface area contributed by atoms with Crippen LogP contribution in [-0.2, 0) is 26.9 Å². The molecule has 0 atom stereocenters. The minimum absolute atomic E-state index is 0.265. The number of nitro benzene ring substituents is 1. The van der Waals surface area contributed by atoms with Crippen molar-refractivity contribution in [1.82, 2.24) is 0 Å². The molecular formula is C17H12F4N2O5. The van der Waals surface area contributed by atoms with E-state index in [4.69, 9.17) is 0 Å². The van der Waals surface area contributed by atoms with E-state index in [2.05, 4.69) is 4.74 Å². The summed E-state index contributed by atoms with van der Waals surface area (Å²) in [5, 5.41) is 12.5. The highest BCUT2D eigenvalue weighted by atomic mass is 19.4. The van der Waals surface area contributed by atoms with E-state index in [1.807, 2.05) is 5.32 Å². The van der Waals surface area contributed by atoms with Crippen molar-refractivity contribution in [3.63, 3.8) is 0 Å². The Bertz CT molecular complexity index is 897. The zero-order chi connectivity index (χ0) is 20.9. The number of nitrogens with one attached hydrogen (secondary N) is 1. The number of non-ortho nitro benzene ring substituents is 1. The number of esters is 1. The molecule has 0 saturated heterocycles. The number of ether oxygens (including phenoxy) is 1. The van der Waals surface area contributed by atoms with Crippen LogP contribution in [0.15, 0.2) is 42.5 Å². The highest BCUT2D eigenvalue weighted by Gasteiger charge is 2.35. The van der Waals surface area contributed by atoms with E-state index in [0.29, 0.717) is 5.56 Å². The van der Waals surface area contributed by atoms with Crippen LogP contribution in [0.3, 0.4) is 0 Å².